The van der Waals surface area contributed by atoms with Crippen LogP contribution in [0, 0.1) is 0 Å². The van der Waals surface area contributed by atoms with Gasteiger partial charge in [0.1, 0.15) is 0 Å². The highest BCUT2D eigenvalue weighted by molar-refractivity contribution is 5.69. The quantitative estimate of drug-likeness (QED) is 0.272. The van der Waals surface area contributed by atoms with Gasteiger partial charge in [-0.25, -0.2) is 0 Å². The Balaban J connectivity index is 3.27. The molecule has 0 fully saturated rings. The van der Waals surface area contributed by atoms with Crippen LogP contribution in [0.2, 0.25) is 0 Å². The van der Waals surface area contributed by atoms with Crippen molar-refractivity contribution in [3.8, 4) is 0 Å². The minimum Gasteiger partial charge on any atom is -0.466 e. The van der Waals surface area contributed by atoms with Gasteiger partial charge in [-0.05, 0) is 19.3 Å². The lowest BCUT2D eigenvalue weighted by Gasteiger charge is -2.10. The zero-order valence-electron chi connectivity index (χ0n) is 15.7. The molecule has 23 heavy (non-hydrogen) atoms. The number of carbonyl (C=O) groups excluding carboxylic acids is 1. The first kappa shape index (κ1) is 22.4. The summed E-state index contributed by atoms with van der Waals surface area (Å²) in [6, 6.07) is 0. The first-order chi connectivity index (χ1) is 11.2. The molecule has 0 aliphatic carbocycles. The Hall–Kier alpha value is -0.570. The standard InChI is InChI=1S/C20H40O3/c1-3-5-7-8-9-10-11-12-14-18-23-20(22)17-16-19(21)15-13-6-4-2/h19,21H,3-18H2,1-2H3. The van der Waals surface area contributed by atoms with Crippen LogP contribution in [0.3, 0.4) is 0 Å². The Labute approximate surface area is 144 Å². The van der Waals surface area contributed by atoms with Crippen molar-refractivity contribution in [2.45, 2.75) is 116 Å². The van der Waals surface area contributed by atoms with Gasteiger partial charge in [0.15, 0.2) is 0 Å². The minimum atomic E-state index is -0.346. The molecule has 1 N–H and O–H groups in total. The molecule has 0 bridgehead atoms. The van der Waals surface area contributed by atoms with Gasteiger partial charge in [-0.3, -0.25) is 4.79 Å². The van der Waals surface area contributed by atoms with Crippen LogP contribution in [0.5, 0.6) is 0 Å². The van der Waals surface area contributed by atoms with Crippen LogP contribution in [0.1, 0.15) is 110 Å². The van der Waals surface area contributed by atoms with E-state index in [-0.39, 0.29) is 12.1 Å². The summed E-state index contributed by atoms with van der Waals surface area (Å²) >= 11 is 0. The maximum atomic E-state index is 11.6. The van der Waals surface area contributed by atoms with Crippen molar-refractivity contribution in [2.75, 3.05) is 6.61 Å². The fourth-order valence-corrected chi connectivity index (χ4v) is 2.73. The molecule has 0 aromatic carbocycles. The van der Waals surface area contributed by atoms with Crippen LogP contribution < -0.4 is 0 Å². The van der Waals surface area contributed by atoms with Gasteiger partial charge in [0, 0.05) is 6.42 Å². The Morgan fingerprint density at radius 2 is 1.30 bits per heavy atom. The Kier molecular flexibility index (Phi) is 17.3. The number of rotatable bonds is 17. The molecular formula is C20H40O3. The van der Waals surface area contributed by atoms with E-state index in [0.717, 1.165) is 38.5 Å². The molecule has 0 saturated heterocycles. The topological polar surface area (TPSA) is 46.5 Å². The van der Waals surface area contributed by atoms with Crippen molar-refractivity contribution in [1.29, 1.82) is 0 Å². The van der Waals surface area contributed by atoms with E-state index in [0.29, 0.717) is 19.4 Å². The van der Waals surface area contributed by atoms with Gasteiger partial charge in [0.05, 0.1) is 12.7 Å². The molecule has 138 valence electrons. The molecule has 1 unspecified atom stereocenters. The average Bonchev–Trinajstić information content (AvgIpc) is 2.55. The van der Waals surface area contributed by atoms with E-state index in [2.05, 4.69) is 13.8 Å². The van der Waals surface area contributed by atoms with Crippen molar-refractivity contribution in [2.24, 2.45) is 0 Å². The van der Waals surface area contributed by atoms with Gasteiger partial charge in [-0.2, -0.15) is 0 Å². The summed E-state index contributed by atoms with van der Waals surface area (Å²) in [5.74, 6) is -0.154. The lowest BCUT2D eigenvalue weighted by atomic mass is 10.1. The maximum Gasteiger partial charge on any atom is 0.305 e. The van der Waals surface area contributed by atoms with Crippen LogP contribution in [-0.2, 0) is 9.53 Å². The highest BCUT2D eigenvalue weighted by atomic mass is 16.5. The molecule has 3 nitrogen and oxygen atoms in total. The normalized spacial score (nSPS) is 12.3. The van der Waals surface area contributed by atoms with Gasteiger partial charge in [0.25, 0.3) is 0 Å². The van der Waals surface area contributed by atoms with E-state index >= 15 is 0 Å². The minimum absolute atomic E-state index is 0.154. The molecule has 0 amide bonds. The predicted octanol–water partition coefficient (Wildman–Crippen LogP) is 5.78. The van der Waals surface area contributed by atoms with E-state index in [1.807, 2.05) is 0 Å². The number of esters is 1. The lowest BCUT2D eigenvalue weighted by Crippen LogP contribution is -2.12. The summed E-state index contributed by atoms with van der Waals surface area (Å²) in [6.07, 6.45) is 16.1. The van der Waals surface area contributed by atoms with E-state index in [1.54, 1.807) is 0 Å². The highest BCUT2D eigenvalue weighted by Gasteiger charge is 2.08. The third-order valence-electron chi connectivity index (χ3n) is 4.33. The summed E-state index contributed by atoms with van der Waals surface area (Å²) in [5, 5.41) is 9.76. The zero-order valence-corrected chi connectivity index (χ0v) is 15.7. The number of aliphatic hydroxyl groups excluding tert-OH is 1. The second kappa shape index (κ2) is 17.8. The third kappa shape index (κ3) is 17.6. The fourth-order valence-electron chi connectivity index (χ4n) is 2.73. The number of hydrogen-bond donors (Lipinski definition) is 1. The van der Waals surface area contributed by atoms with Crippen molar-refractivity contribution >= 4 is 5.97 Å². The van der Waals surface area contributed by atoms with Gasteiger partial charge in [0.2, 0.25) is 0 Å². The average molecular weight is 329 g/mol. The molecule has 0 aliphatic heterocycles. The summed E-state index contributed by atoms with van der Waals surface area (Å²) < 4.78 is 5.23. The molecule has 3 heteroatoms. The number of unbranched alkanes of at least 4 members (excludes halogenated alkanes) is 10. The molecule has 0 heterocycles. The molecule has 0 aromatic rings. The van der Waals surface area contributed by atoms with Crippen molar-refractivity contribution in [3.05, 3.63) is 0 Å². The van der Waals surface area contributed by atoms with Crippen LogP contribution in [0.4, 0.5) is 0 Å². The second-order valence-electron chi connectivity index (χ2n) is 6.74. The number of carbonyl (C=O) groups is 1. The Morgan fingerprint density at radius 3 is 1.91 bits per heavy atom. The monoisotopic (exact) mass is 328 g/mol. The number of ether oxygens (including phenoxy) is 1. The molecule has 0 aromatic heterocycles. The van der Waals surface area contributed by atoms with Gasteiger partial charge >= 0.3 is 5.97 Å². The van der Waals surface area contributed by atoms with Crippen LogP contribution in [0.15, 0.2) is 0 Å². The second-order valence-corrected chi connectivity index (χ2v) is 6.74. The summed E-state index contributed by atoms with van der Waals surface area (Å²) in [7, 11) is 0. The zero-order chi connectivity index (χ0) is 17.2. The number of aliphatic hydroxyl groups is 1. The van der Waals surface area contributed by atoms with E-state index in [9.17, 15) is 9.90 Å². The predicted molar refractivity (Wildman–Crippen MR) is 97.6 cm³/mol. The molecule has 0 rings (SSSR count). The van der Waals surface area contributed by atoms with Crippen LogP contribution in [-0.4, -0.2) is 23.8 Å². The van der Waals surface area contributed by atoms with Crippen molar-refractivity contribution < 1.29 is 14.6 Å². The molecular weight excluding hydrogens is 288 g/mol. The van der Waals surface area contributed by atoms with Crippen LogP contribution >= 0.6 is 0 Å². The lowest BCUT2D eigenvalue weighted by molar-refractivity contribution is -0.144. The van der Waals surface area contributed by atoms with E-state index in [1.165, 1.54) is 44.9 Å². The SMILES string of the molecule is CCCCCCCCCCCOC(=O)CCC(O)CCCCC. The third-order valence-corrected chi connectivity index (χ3v) is 4.33. The maximum absolute atomic E-state index is 11.6. The summed E-state index contributed by atoms with van der Waals surface area (Å²) in [5.41, 5.74) is 0. The molecule has 0 saturated carbocycles. The van der Waals surface area contributed by atoms with Gasteiger partial charge in [-0.15, -0.1) is 0 Å². The molecule has 1 atom stereocenters. The molecule has 0 radical (unpaired) electrons. The smallest absolute Gasteiger partial charge is 0.305 e. The first-order valence-corrected chi connectivity index (χ1v) is 10.0. The van der Waals surface area contributed by atoms with Crippen molar-refractivity contribution in [1.82, 2.24) is 0 Å². The van der Waals surface area contributed by atoms with Gasteiger partial charge in [-0.1, -0.05) is 84.5 Å². The summed E-state index contributed by atoms with van der Waals surface area (Å²) in [4.78, 5) is 11.6. The van der Waals surface area contributed by atoms with Gasteiger partial charge < -0.3 is 9.84 Å². The van der Waals surface area contributed by atoms with Crippen LogP contribution in [0.25, 0.3) is 0 Å². The first-order valence-electron chi connectivity index (χ1n) is 10.0. The van der Waals surface area contributed by atoms with E-state index in [4.69, 9.17) is 4.74 Å². The largest absolute Gasteiger partial charge is 0.466 e. The fraction of sp³-hybridized carbons (Fsp3) is 0.950. The number of hydrogen-bond acceptors (Lipinski definition) is 3. The molecule has 0 spiro atoms. The molecule has 0 aliphatic rings. The summed E-state index contributed by atoms with van der Waals surface area (Å²) in [6.45, 7) is 4.94. The van der Waals surface area contributed by atoms with E-state index < -0.39 is 0 Å². The van der Waals surface area contributed by atoms with Crippen molar-refractivity contribution in [3.63, 3.8) is 0 Å². The highest BCUT2D eigenvalue weighted by Crippen LogP contribution is 2.11. The Bertz CT molecular complexity index is 253. The Morgan fingerprint density at radius 1 is 0.783 bits per heavy atom.